The topological polar surface area (TPSA) is 26.0 Å². The van der Waals surface area contributed by atoms with E-state index in [9.17, 15) is 0 Å². The van der Waals surface area contributed by atoms with Gasteiger partial charge in [-0.25, -0.2) is 0 Å². The lowest BCUT2D eigenvalue weighted by Gasteiger charge is -2.50. The van der Waals surface area contributed by atoms with Gasteiger partial charge in [-0.2, -0.15) is 0 Å². The average molecular weight is 582 g/mol. The van der Waals surface area contributed by atoms with Gasteiger partial charge < -0.3 is 5.73 Å². The highest BCUT2D eigenvalue weighted by molar-refractivity contribution is 5.22. The molecule has 7 aliphatic rings. The Labute approximate surface area is 265 Å². The van der Waals surface area contributed by atoms with Crippen molar-refractivity contribution in [1.29, 1.82) is 0 Å². The van der Waals surface area contributed by atoms with Gasteiger partial charge in [-0.15, -0.1) is 0 Å². The molecule has 0 heterocycles. The van der Waals surface area contributed by atoms with Crippen molar-refractivity contribution in [1.82, 2.24) is 0 Å². The molecule has 0 amide bonds. The van der Waals surface area contributed by atoms with Crippen LogP contribution in [0.15, 0.2) is 60.8 Å². The number of hydrogen-bond acceptors (Lipinski definition) is 1. The second-order valence-corrected chi connectivity index (χ2v) is 16.5. The molecule has 3 saturated carbocycles. The smallest absolute Gasteiger partial charge is 0.00129 e. The molecule has 0 aromatic carbocycles. The molecule has 43 heavy (non-hydrogen) atoms. The first-order valence-electron chi connectivity index (χ1n) is 19.3. The second kappa shape index (κ2) is 14.0. The Morgan fingerprint density at radius 2 is 1.23 bits per heavy atom. The van der Waals surface area contributed by atoms with E-state index in [4.69, 9.17) is 5.73 Å². The van der Waals surface area contributed by atoms with Gasteiger partial charge in [0.2, 0.25) is 0 Å². The molecule has 0 radical (unpaired) electrons. The monoisotopic (exact) mass is 581 g/mol. The van der Waals surface area contributed by atoms with E-state index in [1.165, 1.54) is 103 Å². The molecule has 10 atom stereocenters. The molecule has 0 bridgehead atoms. The van der Waals surface area contributed by atoms with Crippen LogP contribution in [0.4, 0.5) is 0 Å². The van der Waals surface area contributed by atoms with Crippen molar-refractivity contribution < 1.29 is 0 Å². The van der Waals surface area contributed by atoms with Gasteiger partial charge in [0.05, 0.1) is 0 Å². The quantitative estimate of drug-likeness (QED) is 0.297. The van der Waals surface area contributed by atoms with E-state index in [0.717, 1.165) is 83.5 Å². The summed E-state index contributed by atoms with van der Waals surface area (Å²) in [7, 11) is 0. The molecule has 10 unspecified atom stereocenters. The van der Waals surface area contributed by atoms with Crippen LogP contribution in [0.5, 0.6) is 0 Å². The summed E-state index contributed by atoms with van der Waals surface area (Å²) in [6.45, 7) is 3.24. The number of hydrogen-bond donors (Lipinski definition) is 1. The van der Waals surface area contributed by atoms with E-state index in [0.29, 0.717) is 5.92 Å². The van der Waals surface area contributed by atoms with Crippen molar-refractivity contribution in [2.75, 3.05) is 6.54 Å². The van der Waals surface area contributed by atoms with Crippen molar-refractivity contribution in [3.8, 4) is 0 Å². The Bertz CT molecular complexity index is 1040. The van der Waals surface area contributed by atoms with Gasteiger partial charge >= 0.3 is 0 Å². The zero-order valence-corrected chi connectivity index (χ0v) is 27.5. The van der Waals surface area contributed by atoms with E-state index < -0.39 is 0 Å². The van der Waals surface area contributed by atoms with Crippen LogP contribution in [-0.4, -0.2) is 6.54 Å². The van der Waals surface area contributed by atoms with Gasteiger partial charge in [0.15, 0.2) is 0 Å². The van der Waals surface area contributed by atoms with E-state index in [1.807, 2.05) is 0 Å². The summed E-state index contributed by atoms with van der Waals surface area (Å²) in [4.78, 5) is 0. The van der Waals surface area contributed by atoms with Gasteiger partial charge in [0.1, 0.15) is 0 Å². The molecule has 0 aliphatic heterocycles. The Hall–Kier alpha value is -1.34. The third-order valence-electron chi connectivity index (χ3n) is 14.8. The summed E-state index contributed by atoms with van der Waals surface area (Å²) < 4.78 is 0. The Morgan fingerprint density at radius 3 is 2.00 bits per heavy atom. The zero-order chi connectivity index (χ0) is 29.2. The molecule has 0 saturated heterocycles. The van der Waals surface area contributed by atoms with Crippen molar-refractivity contribution in [2.24, 2.45) is 88.6 Å². The van der Waals surface area contributed by atoms with Crippen LogP contribution in [0.25, 0.3) is 0 Å². The molecule has 7 aliphatic carbocycles. The molecule has 0 aromatic heterocycles. The van der Waals surface area contributed by atoms with Crippen LogP contribution in [0.2, 0.25) is 0 Å². The van der Waals surface area contributed by atoms with Crippen LogP contribution in [0, 0.1) is 82.9 Å². The van der Waals surface area contributed by atoms with Gasteiger partial charge in [0.25, 0.3) is 0 Å². The fraction of sp³-hybridized carbons (Fsp3) is 0.762. The maximum absolute atomic E-state index is 6.11. The normalized spacial score (nSPS) is 46.7. The fourth-order valence-corrected chi connectivity index (χ4v) is 12.2. The lowest BCUT2D eigenvalue weighted by molar-refractivity contribution is 0.0266. The highest BCUT2D eigenvalue weighted by atomic mass is 14.6. The number of allylic oxidation sites excluding steroid dienone is 10. The van der Waals surface area contributed by atoms with Crippen molar-refractivity contribution in [2.45, 2.75) is 110 Å². The maximum Gasteiger partial charge on any atom is 0.00129 e. The minimum atomic E-state index is 0.669. The van der Waals surface area contributed by atoms with Crippen molar-refractivity contribution in [3.05, 3.63) is 60.8 Å². The number of fused-ring (bicyclic) bond motifs is 2. The first kappa shape index (κ1) is 30.3. The van der Waals surface area contributed by atoms with Crippen LogP contribution < -0.4 is 5.73 Å². The summed E-state index contributed by atoms with van der Waals surface area (Å²) in [5.74, 6) is 12.2. The highest BCUT2D eigenvalue weighted by Gasteiger charge is 2.45. The highest BCUT2D eigenvalue weighted by Crippen LogP contribution is 2.54. The summed E-state index contributed by atoms with van der Waals surface area (Å²) in [5.41, 5.74) is 6.11. The first-order valence-corrected chi connectivity index (χ1v) is 19.3. The molecule has 0 aromatic rings. The lowest BCUT2D eigenvalue weighted by atomic mass is 9.54. The second-order valence-electron chi connectivity index (χ2n) is 16.5. The molecule has 0 spiro atoms. The summed E-state index contributed by atoms with van der Waals surface area (Å²) in [6.07, 6.45) is 48.6. The predicted molar refractivity (Wildman–Crippen MR) is 183 cm³/mol. The van der Waals surface area contributed by atoms with E-state index in [1.54, 1.807) is 0 Å². The Morgan fingerprint density at radius 1 is 0.558 bits per heavy atom. The van der Waals surface area contributed by atoms with E-state index in [2.05, 4.69) is 67.7 Å². The molecule has 3 fully saturated rings. The molecule has 2 N–H and O–H groups in total. The SMILES string of the molecule is CCC(CN)C1CCC(C2C=CC(C3CCC(C4CCC(C5C=CC6C=CC=CC6C5)CC4)C4C=CCCC43)CC2)CC1. The van der Waals surface area contributed by atoms with Crippen LogP contribution in [0.3, 0.4) is 0 Å². The standard InChI is InChI=1S/C42H63N/c1-2-29(28-43)31-11-13-32(14-12-31)33-15-20-35(21-16-33)39-25-26-40(42-10-6-5-9-41(39)42)36-22-17-34(18-23-36)38-24-19-30-7-3-4-8-37(30)27-38/h3-4,6-8,10,15,19-20,24,29-42H,2,5,9,11-14,16-18,21-23,25-28,43H2,1H3. The minimum Gasteiger partial charge on any atom is -0.330 e. The molecule has 7 rings (SSSR count). The zero-order valence-electron chi connectivity index (χ0n) is 27.5. The molecular formula is C42H63N. The van der Waals surface area contributed by atoms with Gasteiger partial charge in [-0.05, 0) is 180 Å². The van der Waals surface area contributed by atoms with Gasteiger partial charge in [-0.1, -0.05) is 74.1 Å². The third kappa shape index (κ3) is 6.50. The van der Waals surface area contributed by atoms with E-state index in [-0.39, 0.29) is 0 Å². The minimum absolute atomic E-state index is 0.669. The summed E-state index contributed by atoms with van der Waals surface area (Å²) >= 11 is 0. The van der Waals surface area contributed by atoms with E-state index >= 15 is 0 Å². The van der Waals surface area contributed by atoms with Crippen LogP contribution in [0.1, 0.15) is 110 Å². The average Bonchev–Trinajstić information content (AvgIpc) is 3.09. The Kier molecular flexibility index (Phi) is 9.85. The Balaban J connectivity index is 0.924. The van der Waals surface area contributed by atoms with Gasteiger partial charge in [-0.3, -0.25) is 0 Å². The molecule has 1 nitrogen and oxygen atoms in total. The fourth-order valence-electron chi connectivity index (χ4n) is 12.2. The summed E-state index contributed by atoms with van der Waals surface area (Å²) in [5, 5.41) is 0. The van der Waals surface area contributed by atoms with Crippen molar-refractivity contribution in [3.63, 3.8) is 0 Å². The number of nitrogens with two attached hydrogens (primary N) is 1. The third-order valence-corrected chi connectivity index (χ3v) is 14.8. The number of rotatable bonds is 7. The van der Waals surface area contributed by atoms with Crippen molar-refractivity contribution >= 4 is 0 Å². The largest absolute Gasteiger partial charge is 0.330 e. The molecule has 1 heteroatoms. The first-order chi connectivity index (χ1) is 21.2. The molecule has 236 valence electrons. The maximum atomic E-state index is 6.11. The van der Waals surface area contributed by atoms with Gasteiger partial charge in [0, 0.05) is 5.92 Å². The van der Waals surface area contributed by atoms with Crippen LogP contribution in [-0.2, 0) is 0 Å². The van der Waals surface area contributed by atoms with Crippen LogP contribution >= 0.6 is 0 Å². The summed E-state index contributed by atoms with van der Waals surface area (Å²) in [6, 6.07) is 0. The lowest BCUT2D eigenvalue weighted by Crippen LogP contribution is -2.42. The molecular weight excluding hydrogens is 518 g/mol. The predicted octanol–water partition coefficient (Wildman–Crippen LogP) is 10.7.